The Morgan fingerprint density at radius 1 is 1.04 bits per heavy atom. The van der Waals surface area contributed by atoms with E-state index in [4.69, 9.17) is 0 Å². The number of nitrogens with zero attached hydrogens (tertiary/aromatic N) is 6. The molecule has 0 saturated heterocycles. The van der Waals surface area contributed by atoms with E-state index in [0.29, 0.717) is 0 Å². The van der Waals surface area contributed by atoms with Crippen molar-refractivity contribution in [2.24, 2.45) is 7.05 Å². The number of rotatable bonds is 4. The van der Waals surface area contributed by atoms with Gasteiger partial charge in [-0.25, -0.2) is 4.98 Å². The molecule has 4 rings (SSSR count). The zero-order valence-electron chi connectivity index (χ0n) is 14.2. The number of aryl methyl sites for hydroxylation is 1. The Balaban J connectivity index is 1.58. The van der Waals surface area contributed by atoms with E-state index in [9.17, 15) is 0 Å². The Morgan fingerprint density at radius 3 is 2.72 bits per heavy atom. The molecular weight excluding hydrogens is 312 g/mol. The molecule has 4 aromatic rings. The third-order valence-corrected chi connectivity index (χ3v) is 4.27. The first-order valence-corrected chi connectivity index (χ1v) is 8.06. The lowest BCUT2D eigenvalue weighted by Crippen LogP contribution is -2.18. The second kappa shape index (κ2) is 6.32. The van der Waals surface area contributed by atoms with E-state index in [0.717, 1.165) is 29.3 Å². The van der Waals surface area contributed by atoms with Crippen molar-refractivity contribution in [3.8, 4) is 11.5 Å². The van der Waals surface area contributed by atoms with Crippen LogP contribution in [0.3, 0.4) is 0 Å². The van der Waals surface area contributed by atoms with E-state index in [-0.39, 0.29) is 0 Å². The maximum atomic E-state index is 4.36. The van der Waals surface area contributed by atoms with Crippen LogP contribution in [0.4, 0.5) is 5.82 Å². The van der Waals surface area contributed by atoms with Gasteiger partial charge in [0, 0.05) is 50.8 Å². The summed E-state index contributed by atoms with van der Waals surface area (Å²) in [6, 6.07) is 12.2. The minimum Gasteiger partial charge on any atom is -0.354 e. The summed E-state index contributed by atoms with van der Waals surface area (Å²) in [4.78, 5) is 10.6. The lowest BCUT2D eigenvalue weighted by molar-refractivity contribution is 0.861. The Bertz CT molecular complexity index is 1000. The molecule has 0 fully saturated rings. The summed E-state index contributed by atoms with van der Waals surface area (Å²) in [5.41, 5.74) is 2.00. The Morgan fingerprint density at radius 2 is 1.96 bits per heavy atom. The molecule has 0 aliphatic rings. The molecule has 25 heavy (non-hydrogen) atoms. The van der Waals surface area contributed by atoms with Gasteiger partial charge in [-0.05, 0) is 29.1 Å². The van der Waals surface area contributed by atoms with Crippen molar-refractivity contribution in [2.75, 3.05) is 11.9 Å². The summed E-state index contributed by atoms with van der Waals surface area (Å²) in [6.07, 6.45) is 7.37. The lowest BCUT2D eigenvalue weighted by Gasteiger charge is -2.19. The normalized spacial score (nSPS) is 11.0. The van der Waals surface area contributed by atoms with Crippen LogP contribution in [-0.4, -0.2) is 31.8 Å². The fourth-order valence-electron chi connectivity index (χ4n) is 2.92. The van der Waals surface area contributed by atoms with Crippen LogP contribution in [0.1, 0.15) is 5.56 Å². The number of hydrogen-bond donors (Lipinski definition) is 0. The van der Waals surface area contributed by atoms with E-state index >= 15 is 0 Å². The smallest absolute Gasteiger partial charge is 0.160 e. The van der Waals surface area contributed by atoms with Crippen molar-refractivity contribution in [1.82, 2.24) is 24.7 Å². The maximum absolute atomic E-state index is 4.36. The van der Waals surface area contributed by atoms with Crippen molar-refractivity contribution in [3.05, 3.63) is 66.7 Å². The summed E-state index contributed by atoms with van der Waals surface area (Å²) in [5.74, 6) is 1.63. The summed E-state index contributed by atoms with van der Waals surface area (Å²) in [5, 5.41) is 11.0. The number of fused-ring (bicyclic) bond motifs is 1. The fraction of sp³-hybridized carbons (Fsp3) is 0.158. The summed E-state index contributed by atoms with van der Waals surface area (Å²) >= 11 is 0. The maximum Gasteiger partial charge on any atom is 0.160 e. The molecule has 0 aliphatic carbocycles. The number of aromatic nitrogens is 5. The van der Waals surface area contributed by atoms with Gasteiger partial charge in [0.2, 0.25) is 0 Å². The van der Waals surface area contributed by atoms with E-state index in [1.807, 2.05) is 55.5 Å². The molecule has 6 heteroatoms. The van der Waals surface area contributed by atoms with Crippen LogP contribution >= 0.6 is 0 Å². The van der Waals surface area contributed by atoms with E-state index in [1.54, 1.807) is 6.20 Å². The molecule has 0 atom stereocenters. The minimum atomic E-state index is 0.748. The molecule has 0 spiro atoms. The molecule has 0 saturated carbocycles. The van der Waals surface area contributed by atoms with Gasteiger partial charge < -0.3 is 9.47 Å². The number of imidazole rings is 1. The van der Waals surface area contributed by atoms with Crippen molar-refractivity contribution < 1.29 is 0 Å². The summed E-state index contributed by atoms with van der Waals surface area (Å²) in [7, 11) is 3.96. The molecular formula is C19H18N6. The van der Waals surface area contributed by atoms with Gasteiger partial charge in [-0.15, -0.1) is 10.2 Å². The van der Waals surface area contributed by atoms with Crippen molar-refractivity contribution in [1.29, 1.82) is 0 Å². The largest absolute Gasteiger partial charge is 0.354 e. The van der Waals surface area contributed by atoms with Crippen molar-refractivity contribution in [2.45, 2.75) is 6.54 Å². The Kier molecular flexibility index (Phi) is 3.85. The molecule has 3 heterocycles. The van der Waals surface area contributed by atoms with Gasteiger partial charge in [0.05, 0.1) is 0 Å². The standard InChI is InChI=1S/C19H18N6/c1-24-11-10-21-19(24)17-6-7-18(23-22-17)25(2)13-15-5-3-4-14-12-20-9-8-16(14)15/h3-12H,13H2,1-2H3. The molecule has 124 valence electrons. The van der Waals surface area contributed by atoms with Gasteiger partial charge in [-0.1, -0.05) is 18.2 Å². The van der Waals surface area contributed by atoms with Crippen LogP contribution < -0.4 is 4.90 Å². The van der Waals surface area contributed by atoms with Crippen LogP contribution in [-0.2, 0) is 13.6 Å². The third kappa shape index (κ3) is 2.94. The highest BCUT2D eigenvalue weighted by atomic mass is 15.3. The van der Waals surface area contributed by atoms with Gasteiger partial charge in [-0.2, -0.15) is 0 Å². The highest BCUT2D eigenvalue weighted by Crippen LogP contribution is 2.21. The third-order valence-electron chi connectivity index (χ3n) is 4.27. The van der Waals surface area contributed by atoms with E-state index in [2.05, 4.69) is 43.3 Å². The van der Waals surface area contributed by atoms with Gasteiger partial charge in [0.25, 0.3) is 0 Å². The molecule has 0 radical (unpaired) electrons. The molecule has 3 aromatic heterocycles. The highest BCUT2D eigenvalue weighted by Gasteiger charge is 2.10. The van der Waals surface area contributed by atoms with Gasteiger partial charge in [-0.3, -0.25) is 4.98 Å². The molecule has 6 nitrogen and oxygen atoms in total. The Hall–Kier alpha value is -3.28. The van der Waals surface area contributed by atoms with Gasteiger partial charge >= 0.3 is 0 Å². The lowest BCUT2D eigenvalue weighted by atomic mass is 10.1. The number of pyridine rings is 1. The first kappa shape index (κ1) is 15.3. The molecule has 1 aromatic carbocycles. The van der Waals surface area contributed by atoms with Crippen LogP contribution in [0, 0.1) is 0 Å². The SMILES string of the molecule is CN(Cc1cccc2cnccc12)c1ccc(-c2nccn2C)nn1. The number of benzene rings is 1. The summed E-state index contributed by atoms with van der Waals surface area (Å²) < 4.78 is 1.93. The van der Waals surface area contributed by atoms with Crippen molar-refractivity contribution in [3.63, 3.8) is 0 Å². The van der Waals surface area contributed by atoms with E-state index < -0.39 is 0 Å². The second-order valence-corrected chi connectivity index (χ2v) is 6.01. The number of anilines is 1. The minimum absolute atomic E-state index is 0.748. The number of hydrogen-bond acceptors (Lipinski definition) is 5. The topological polar surface area (TPSA) is 59.7 Å². The molecule has 0 amide bonds. The zero-order chi connectivity index (χ0) is 17.2. The molecule has 0 bridgehead atoms. The van der Waals surface area contributed by atoms with Crippen LogP contribution in [0.15, 0.2) is 61.2 Å². The molecule has 0 unspecified atom stereocenters. The van der Waals surface area contributed by atoms with Crippen LogP contribution in [0.25, 0.3) is 22.3 Å². The molecule has 0 aliphatic heterocycles. The fourth-order valence-corrected chi connectivity index (χ4v) is 2.92. The van der Waals surface area contributed by atoms with Crippen molar-refractivity contribution >= 4 is 16.6 Å². The monoisotopic (exact) mass is 330 g/mol. The predicted octanol–water partition coefficient (Wildman–Crippen LogP) is 3.06. The average molecular weight is 330 g/mol. The van der Waals surface area contributed by atoms with E-state index in [1.165, 1.54) is 10.9 Å². The molecule has 0 N–H and O–H groups in total. The average Bonchev–Trinajstić information content (AvgIpc) is 3.08. The van der Waals surface area contributed by atoms with Crippen LogP contribution in [0.2, 0.25) is 0 Å². The van der Waals surface area contributed by atoms with Gasteiger partial charge in [0.15, 0.2) is 11.6 Å². The van der Waals surface area contributed by atoms with Crippen LogP contribution in [0.5, 0.6) is 0 Å². The quantitative estimate of drug-likeness (QED) is 0.575. The second-order valence-electron chi connectivity index (χ2n) is 6.01. The highest BCUT2D eigenvalue weighted by molar-refractivity contribution is 5.85. The first-order chi connectivity index (χ1) is 12.2. The Labute approximate surface area is 145 Å². The van der Waals surface area contributed by atoms with Gasteiger partial charge in [0.1, 0.15) is 5.69 Å². The first-order valence-electron chi connectivity index (χ1n) is 8.06. The zero-order valence-corrected chi connectivity index (χ0v) is 14.2. The predicted molar refractivity (Wildman–Crippen MR) is 98.1 cm³/mol. The summed E-state index contributed by atoms with van der Waals surface area (Å²) in [6.45, 7) is 0.748.